The van der Waals surface area contributed by atoms with Gasteiger partial charge >= 0.3 is 53.8 Å². The van der Waals surface area contributed by atoms with Gasteiger partial charge < -0.3 is 67.4 Å². The molecule has 99 heavy (non-hydrogen) atoms. The molecule has 3 heterocycles. The Morgan fingerprint density at radius 2 is 1.23 bits per heavy atom. The number of rotatable bonds is 24. The summed E-state index contributed by atoms with van der Waals surface area (Å²) in [5, 5.41) is 15.7. The van der Waals surface area contributed by atoms with E-state index in [0.717, 1.165) is 101 Å². The van der Waals surface area contributed by atoms with Gasteiger partial charge in [-0.15, -0.1) is 0 Å². The Labute approximate surface area is 563 Å². The zero-order chi connectivity index (χ0) is 71.0. The highest BCUT2D eigenvalue weighted by molar-refractivity contribution is 7.90. The summed E-state index contributed by atoms with van der Waals surface area (Å²) in [6, 6.07) is 35.3. The first-order valence-electron chi connectivity index (χ1n) is 30.7. The molecule has 4 aliphatic rings. The minimum absolute atomic E-state index is 0.0580. The van der Waals surface area contributed by atoms with Gasteiger partial charge in [0, 0.05) is 58.7 Å². The van der Waals surface area contributed by atoms with Crippen LogP contribution >= 0.6 is 0 Å². The largest absolute Gasteiger partial charge is 0.467 e. The highest BCUT2D eigenvalue weighted by Crippen LogP contribution is 2.47. The Hall–Kier alpha value is -10.4. The van der Waals surface area contributed by atoms with E-state index in [0.29, 0.717) is 4.57 Å². The second-order valence-electron chi connectivity index (χ2n) is 23.4. The number of nitrogens with one attached hydrogen (secondary N) is 2. The Kier molecular flexibility index (Phi) is 22.0. The smallest absolute Gasteiger partial charge is 0.412 e. The van der Waals surface area contributed by atoms with E-state index in [1.807, 2.05) is 97.1 Å². The quantitative estimate of drug-likeness (QED) is 0.0353. The van der Waals surface area contributed by atoms with Gasteiger partial charge in [-0.05, 0) is 68.3 Å². The molecule has 0 unspecified atom stereocenters. The van der Waals surface area contributed by atoms with Gasteiger partial charge in [0.15, 0.2) is 24.4 Å². The highest BCUT2D eigenvalue weighted by Gasteiger charge is 2.60. The number of alkyl halides is 2. The van der Waals surface area contributed by atoms with Crippen molar-refractivity contribution in [2.75, 3.05) is 76.4 Å². The van der Waals surface area contributed by atoms with E-state index in [1.54, 1.807) is 0 Å². The van der Waals surface area contributed by atoms with Crippen molar-refractivity contribution in [2.24, 2.45) is 0 Å². The second kappa shape index (κ2) is 30.6. The number of ether oxygens (including phenoxy) is 11. The van der Waals surface area contributed by atoms with Crippen molar-refractivity contribution < 1.29 is 113 Å². The molecular weight excluding hydrogens is 1330 g/mol. The molecule has 524 valence electrons. The number of hydrogen-bond acceptors (Lipinski definition) is 24. The number of aromatic nitrogens is 2. The van der Waals surface area contributed by atoms with Gasteiger partial charge in [-0.2, -0.15) is 13.8 Å². The first-order chi connectivity index (χ1) is 47.2. The highest BCUT2D eigenvalue weighted by atomic mass is 32.2. The Morgan fingerprint density at radius 1 is 0.687 bits per heavy atom. The fourth-order valence-corrected chi connectivity index (χ4v) is 12.4. The lowest BCUT2D eigenvalue weighted by Gasteiger charge is -2.43. The Balaban J connectivity index is 0.817. The van der Waals surface area contributed by atoms with E-state index < -0.39 is 157 Å². The lowest BCUT2D eigenvalue weighted by Crippen LogP contribution is -2.64. The molecule has 0 radical (unpaired) electrons. The summed E-state index contributed by atoms with van der Waals surface area (Å²) in [4.78, 5) is 124. The maximum atomic E-state index is 15.8. The van der Waals surface area contributed by atoms with Gasteiger partial charge in [0.05, 0.1) is 25.2 Å². The molecule has 10 rings (SSSR count). The first kappa shape index (κ1) is 71.4. The molecule has 2 fully saturated rings. The van der Waals surface area contributed by atoms with E-state index in [2.05, 4.69) is 15.6 Å². The number of carbonyl (C=O) groups excluding carboxylic acids is 8. The molecular formula is C67H68F2N6O23S. The number of halogens is 2. The van der Waals surface area contributed by atoms with Crippen LogP contribution in [-0.4, -0.2) is 196 Å². The van der Waals surface area contributed by atoms with Gasteiger partial charge in [0.1, 0.15) is 60.6 Å². The van der Waals surface area contributed by atoms with Crippen LogP contribution in [0.3, 0.4) is 0 Å². The number of benzene rings is 5. The maximum absolute atomic E-state index is 15.8. The van der Waals surface area contributed by atoms with Gasteiger partial charge in [-0.3, -0.25) is 34.0 Å². The fourth-order valence-electron chi connectivity index (χ4n) is 11.8. The topological polar surface area (TPSA) is 358 Å². The number of esters is 4. The van der Waals surface area contributed by atoms with Crippen LogP contribution in [-0.2, 0) is 87.8 Å². The average Bonchev–Trinajstić information content (AvgIpc) is 1.72. The summed E-state index contributed by atoms with van der Waals surface area (Å²) in [5.74, 6) is -11.2. The van der Waals surface area contributed by atoms with Crippen molar-refractivity contribution in [3.63, 3.8) is 0 Å². The average molecular weight is 1400 g/mol. The molecule has 2 saturated heterocycles. The molecule has 5 aromatic carbocycles. The third kappa shape index (κ3) is 16.6. The van der Waals surface area contributed by atoms with Crippen LogP contribution in [0, 0.1) is 0 Å². The molecule has 2 aliphatic carbocycles. The van der Waals surface area contributed by atoms with E-state index in [-0.39, 0.29) is 47.9 Å². The lowest BCUT2D eigenvalue weighted by molar-refractivity contribution is -0.282. The molecule has 8 atom stereocenters. The van der Waals surface area contributed by atoms with E-state index in [1.165, 1.54) is 25.2 Å². The zero-order valence-corrected chi connectivity index (χ0v) is 54.8. The Morgan fingerprint density at radius 3 is 1.78 bits per heavy atom. The van der Waals surface area contributed by atoms with Crippen molar-refractivity contribution in [3.05, 3.63) is 166 Å². The molecule has 0 bridgehead atoms. The van der Waals surface area contributed by atoms with Crippen LogP contribution in [0.2, 0.25) is 0 Å². The van der Waals surface area contributed by atoms with Crippen molar-refractivity contribution in [3.8, 4) is 28.0 Å². The van der Waals surface area contributed by atoms with Gasteiger partial charge in [0.2, 0.25) is 24.5 Å². The number of anilines is 2. The minimum atomic E-state index is -4.17. The van der Waals surface area contributed by atoms with Gasteiger partial charge in [-0.25, -0.2) is 32.4 Å². The molecule has 4 amide bonds. The Bertz CT molecular complexity index is 4160. The fraction of sp³-hybridized carbons (Fsp3) is 0.373. The number of nitrogens with zero attached hydrogens (tertiary/aromatic N) is 4. The second-order valence-corrected chi connectivity index (χ2v) is 25.6. The predicted molar refractivity (Wildman–Crippen MR) is 340 cm³/mol. The summed E-state index contributed by atoms with van der Waals surface area (Å²) < 4.78 is 118. The standard InChI is InChI=1S/C67H68F2N6O23S/c1-36(76)93-55-56(94-37(2)77)58(95-38(3)78)61(98-57(55)60(81)88-5)96-51-24-23-39(29-50(51)70-54(79)30-73(4)65(84)92-33-49-46-21-13-9-17-42(46)43-18-10-14-22-47(43)49)31-91-66(85)74(27-28-99(6,86)87)35-89-34-52-59(80)67(68,69)62(97-52)75-26-25-53(71-63(75)82)72-64(83)90-32-48-44-19-11-7-15-40(44)41-16-8-12-20-45(41)48/h7-26,29,48-49,52,55-59,61-62,80H,27-28,30-35H2,1-6H3,(H,70,79)(H,71,72,82,83)/t52-,55-,56-,57-,58+,59-,61+,62-/m1/s1. The normalized spacial score (nSPS) is 20.3. The number of aliphatic hydroxyl groups excluding tert-OH is 1. The maximum Gasteiger partial charge on any atom is 0.412 e. The third-order valence-corrected chi connectivity index (χ3v) is 17.3. The predicted octanol–water partition coefficient (Wildman–Crippen LogP) is 6.05. The zero-order valence-electron chi connectivity index (χ0n) is 53.9. The SMILES string of the molecule is COC(=O)[C@@H]1O[C@H](Oc2ccc(COC(=O)N(CCS(C)(=O)=O)COC[C@H]3O[C@@H](n4ccc(NC(=O)OCC5c6ccccc6-c6ccccc65)nc4=O)C(F)(F)[C@@H]3O)cc2NC(=O)CN(C)C(=O)OCC2c3ccccc3-c3ccccc32)[C@@H](OC(C)=O)[C@H](OC(C)=O)[C@H]1OC(C)=O. The number of fused-ring (bicyclic) bond motifs is 6. The van der Waals surface area contributed by atoms with Crippen LogP contribution < -0.4 is 21.1 Å². The minimum Gasteiger partial charge on any atom is -0.467 e. The van der Waals surface area contributed by atoms with Crippen LogP contribution in [0.5, 0.6) is 5.75 Å². The van der Waals surface area contributed by atoms with E-state index >= 15 is 8.78 Å². The summed E-state index contributed by atoms with van der Waals surface area (Å²) in [7, 11) is -1.55. The molecule has 2 aliphatic heterocycles. The molecule has 29 nitrogen and oxygen atoms in total. The number of hydrogen-bond donors (Lipinski definition) is 3. The first-order valence-corrected chi connectivity index (χ1v) is 32.8. The van der Waals surface area contributed by atoms with Crippen molar-refractivity contribution in [1.29, 1.82) is 0 Å². The number of sulfone groups is 1. The summed E-state index contributed by atoms with van der Waals surface area (Å²) in [5.41, 5.74) is 6.14. The van der Waals surface area contributed by atoms with Crippen molar-refractivity contribution in [2.45, 2.75) is 94.3 Å². The molecule has 0 saturated carbocycles. The molecule has 3 N–H and O–H groups in total. The summed E-state index contributed by atoms with van der Waals surface area (Å²) in [6.07, 6.45) is -17.6. The van der Waals surface area contributed by atoms with E-state index in [9.17, 15) is 56.7 Å². The number of amides is 4. The lowest BCUT2D eigenvalue weighted by atomic mass is 9.97. The molecule has 32 heteroatoms. The molecule has 0 spiro atoms. The summed E-state index contributed by atoms with van der Waals surface area (Å²) in [6.45, 7) is -0.928. The number of aliphatic hydroxyl groups is 1. The van der Waals surface area contributed by atoms with Crippen LogP contribution in [0.1, 0.15) is 66.7 Å². The van der Waals surface area contributed by atoms with Crippen LogP contribution in [0.15, 0.2) is 132 Å². The van der Waals surface area contributed by atoms with E-state index in [4.69, 9.17) is 52.1 Å². The van der Waals surface area contributed by atoms with Crippen molar-refractivity contribution in [1.82, 2.24) is 19.4 Å². The van der Waals surface area contributed by atoms with Crippen LogP contribution in [0.4, 0.5) is 34.7 Å². The summed E-state index contributed by atoms with van der Waals surface area (Å²) >= 11 is 0. The van der Waals surface area contributed by atoms with Gasteiger partial charge in [-0.1, -0.05) is 103 Å². The molecule has 6 aromatic rings. The number of methoxy groups -OCH3 is 1. The van der Waals surface area contributed by atoms with Crippen molar-refractivity contribution >= 4 is 69.4 Å². The van der Waals surface area contributed by atoms with Crippen LogP contribution in [0.25, 0.3) is 22.3 Å². The van der Waals surface area contributed by atoms with Gasteiger partial charge in [0.25, 0.3) is 0 Å². The number of likely N-dealkylation sites (N-methyl/N-ethyl adjacent to an activating group) is 1. The third-order valence-electron chi connectivity index (χ3n) is 16.3. The monoisotopic (exact) mass is 1390 g/mol. The number of carbonyl (C=O) groups is 8. The molecule has 1 aromatic heterocycles.